The van der Waals surface area contributed by atoms with E-state index in [0.717, 1.165) is 24.4 Å². The van der Waals surface area contributed by atoms with Crippen LogP contribution in [0.2, 0.25) is 0 Å². The number of rotatable bonds is 7. The highest BCUT2D eigenvalue weighted by Crippen LogP contribution is 2.24. The van der Waals surface area contributed by atoms with Crippen molar-refractivity contribution in [3.63, 3.8) is 0 Å². The minimum absolute atomic E-state index is 0.297. The molecule has 1 heterocycles. The second-order valence-corrected chi connectivity index (χ2v) is 4.74. The normalized spacial score (nSPS) is 12.1. The summed E-state index contributed by atoms with van der Waals surface area (Å²) in [6.07, 6.45) is 2.64. The number of nitrogens with zero attached hydrogens (tertiary/aromatic N) is 1. The third-order valence-corrected chi connectivity index (χ3v) is 3.24. The van der Waals surface area contributed by atoms with Crippen molar-refractivity contribution in [3.05, 3.63) is 59.9 Å². The highest BCUT2D eigenvalue weighted by Gasteiger charge is 2.09. The molecule has 1 unspecified atom stereocenters. The van der Waals surface area contributed by atoms with Crippen LogP contribution in [0.1, 0.15) is 31.1 Å². The molecular formula is C17H22N2O. The molecule has 3 heteroatoms. The van der Waals surface area contributed by atoms with E-state index in [2.05, 4.69) is 36.3 Å². The van der Waals surface area contributed by atoms with Crippen molar-refractivity contribution in [3.8, 4) is 5.75 Å². The van der Waals surface area contributed by atoms with Crippen molar-refractivity contribution in [2.75, 3.05) is 13.2 Å². The highest BCUT2D eigenvalue weighted by atomic mass is 16.5. The maximum atomic E-state index is 5.93. The molecule has 0 radical (unpaired) electrons. The Labute approximate surface area is 121 Å². The molecule has 1 atom stereocenters. The quantitative estimate of drug-likeness (QED) is 0.837. The fourth-order valence-corrected chi connectivity index (χ4v) is 2.20. The number of aromatic nitrogens is 1. The SMILES string of the molecule is CCNC(C)c1ccccc1OCCc1ccccn1. The Kier molecular flexibility index (Phi) is 5.56. The molecule has 0 fully saturated rings. The van der Waals surface area contributed by atoms with Crippen LogP contribution in [0.5, 0.6) is 5.75 Å². The first-order valence-corrected chi connectivity index (χ1v) is 7.16. The van der Waals surface area contributed by atoms with Gasteiger partial charge in [0.05, 0.1) is 6.61 Å². The van der Waals surface area contributed by atoms with Gasteiger partial charge in [0.15, 0.2) is 0 Å². The van der Waals surface area contributed by atoms with Gasteiger partial charge in [-0.25, -0.2) is 0 Å². The van der Waals surface area contributed by atoms with Gasteiger partial charge in [0.25, 0.3) is 0 Å². The van der Waals surface area contributed by atoms with Crippen molar-refractivity contribution < 1.29 is 4.74 Å². The van der Waals surface area contributed by atoms with Crippen LogP contribution in [-0.2, 0) is 6.42 Å². The third kappa shape index (κ3) is 4.07. The maximum Gasteiger partial charge on any atom is 0.124 e. The molecule has 1 N–H and O–H groups in total. The monoisotopic (exact) mass is 270 g/mol. The molecule has 3 nitrogen and oxygen atoms in total. The Morgan fingerprint density at radius 1 is 1.15 bits per heavy atom. The Balaban J connectivity index is 1.95. The first-order valence-electron chi connectivity index (χ1n) is 7.16. The molecular weight excluding hydrogens is 248 g/mol. The molecule has 2 aromatic rings. The molecule has 1 aromatic heterocycles. The van der Waals surface area contributed by atoms with E-state index in [1.165, 1.54) is 5.56 Å². The first-order chi connectivity index (χ1) is 9.81. The van der Waals surface area contributed by atoms with Gasteiger partial charge < -0.3 is 10.1 Å². The number of benzene rings is 1. The molecule has 106 valence electrons. The molecule has 0 aliphatic carbocycles. The number of hydrogen-bond acceptors (Lipinski definition) is 3. The second kappa shape index (κ2) is 7.65. The smallest absolute Gasteiger partial charge is 0.124 e. The zero-order valence-electron chi connectivity index (χ0n) is 12.2. The van der Waals surface area contributed by atoms with Crippen LogP contribution in [0.4, 0.5) is 0 Å². The summed E-state index contributed by atoms with van der Waals surface area (Å²) in [5, 5.41) is 3.42. The van der Waals surface area contributed by atoms with E-state index < -0.39 is 0 Å². The van der Waals surface area contributed by atoms with Crippen LogP contribution in [0.25, 0.3) is 0 Å². The van der Waals surface area contributed by atoms with Gasteiger partial charge in [-0.2, -0.15) is 0 Å². The molecule has 0 saturated carbocycles. The lowest BCUT2D eigenvalue weighted by atomic mass is 10.1. The van der Waals surface area contributed by atoms with Crippen LogP contribution >= 0.6 is 0 Å². The average Bonchev–Trinajstić information content (AvgIpc) is 2.49. The predicted octanol–water partition coefficient (Wildman–Crippen LogP) is 3.37. The summed E-state index contributed by atoms with van der Waals surface area (Å²) in [7, 11) is 0. The molecule has 0 saturated heterocycles. The lowest BCUT2D eigenvalue weighted by molar-refractivity contribution is 0.314. The van der Waals surface area contributed by atoms with Crippen molar-refractivity contribution in [2.24, 2.45) is 0 Å². The molecule has 0 aliphatic heterocycles. The van der Waals surface area contributed by atoms with E-state index in [1.807, 2.05) is 36.5 Å². The number of ether oxygens (including phenoxy) is 1. The topological polar surface area (TPSA) is 34.1 Å². The predicted molar refractivity (Wildman–Crippen MR) is 82.0 cm³/mol. The molecule has 0 amide bonds. The van der Waals surface area contributed by atoms with E-state index >= 15 is 0 Å². The summed E-state index contributed by atoms with van der Waals surface area (Å²) < 4.78 is 5.93. The van der Waals surface area contributed by atoms with E-state index in [0.29, 0.717) is 12.6 Å². The summed E-state index contributed by atoms with van der Waals surface area (Å²) in [5.74, 6) is 0.955. The molecule has 0 aliphatic rings. The molecule has 1 aromatic carbocycles. The first kappa shape index (κ1) is 14.5. The standard InChI is InChI=1S/C17H22N2O/c1-3-18-14(2)16-9-4-5-10-17(16)20-13-11-15-8-6-7-12-19-15/h4-10,12,14,18H,3,11,13H2,1-2H3. The van der Waals surface area contributed by atoms with Gasteiger partial charge in [0.1, 0.15) is 5.75 Å². The maximum absolute atomic E-state index is 5.93. The van der Waals surface area contributed by atoms with Gasteiger partial charge in [-0.15, -0.1) is 0 Å². The lowest BCUT2D eigenvalue weighted by Gasteiger charge is -2.17. The number of pyridine rings is 1. The number of hydrogen-bond donors (Lipinski definition) is 1. The van der Waals surface area contributed by atoms with Crippen LogP contribution in [0, 0.1) is 0 Å². The largest absolute Gasteiger partial charge is 0.493 e. The third-order valence-electron chi connectivity index (χ3n) is 3.24. The van der Waals surface area contributed by atoms with Crippen LogP contribution in [-0.4, -0.2) is 18.1 Å². The fraction of sp³-hybridized carbons (Fsp3) is 0.353. The van der Waals surface area contributed by atoms with Crippen molar-refractivity contribution in [1.29, 1.82) is 0 Å². The molecule has 2 rings (SSSR count). The van der Waals surface area contributed by atoms with Gasteiger partial charge in [-0.1, -0.05) is 31.2 Å². The molecule has 0 bridgehead atoms. The summed E-state index contributed by atoms with van der Waals surface area (Å²) in [5.41, 5.74) is 2.26. The van der Waals surface area contributed by atoms with Gasteiger partial charge in [-0.05, 0) is 31.7 Å². The summed E-state index contributed by atoms with van der Waals surface area (Å²) >= 11 is 0. The number of nitrogens with one attached hydrogen (secondary N) is 1. The van der Waals surface area contributed by atoms with Gasteiger partial charge in [-0.3, -0.25) is 4.98 Å². The van der Waals surface area contributed by atoms with Gasteiger partial charge in [0, 0.05) is 29.9 Å². The minimum atomic E-state index is 0.297. The minimum Gasteiger partial charge on any atom is -0.493 e. The van der Waals surface area contributed by atoms with Crippen LogP contribution in [0.15, 0.2) is 48.7 Å². The molecule has 20 heavy (non-hydrogen) atoms. The van der Waals surface area contributed by atoms with Crippen molar-refractivity contribution in [2.45, 2.75) is 26.3 Å². The zero-order chi connectivity index (χ0) is 14.2. The highest BCUT2D eigenvalue weighted by molar-refractivity contribution is 5.35. The Morgan fingerprint density at radius 2 is 1.95 bits per heavy atom. The average molecular weight is 270 g/mol. The number of para-hydroxylation sites is 1. The summed E-state index contributed by atoms with van der Waals surface area (Å²) in [6, 6.07) is 14.5. The summed E-state index contributed by atoms with van der Waals surface area (Å²) in [6.45, 7) is 5.86. The van der Waals surface area contributed by atoms with Crippen molar-refractivity contribution >= 4 is 0 Å². The van der Waals surface area contributed by atoms with E-state index in [1.54, 1.807) is 0 Å². The van der Waals surface area contributed by atoms with Gasteiger partial charge >= 0.3 is 0 Å². The summed E-state index contributed by atoms with van der Waals surface area (Å²) in [4.78, 5) is 4.30. The fourth-order valence-electron chi connectivity index (χ4n) is 2.20. The Hall–Kier alpha value is -1.87. The van der Waals surface area contributed by atoms with Crippen LogP contribution in [0.3, 0.4) is 0 Å². The van der Waals surface area contributed by atoms with E-state index in [9.17, 15) is 0 Å². The van der Waals surface area contributed by atoms with E-state index in [4.69, 9.17) is 4.74 Å². The zero-order valence-corrected chi connectivity index (χ0v) is 12.2. The Bertz CT molecular complexity index is 513. The Morgan fingerprint density at radius 3 is 2.70 bits per heavy atom. The molecule has 0 spiro atoms. The van der Waals surface area contributed by atoms with E-state index in [-0.39, 0.29) is 0 Å². The van der Waals surface area contributed by atoms with Crippen LogP contribution < -0.4 is 10.1 Å². The van der Waals surface area contributed by atoms with Gasteiger partial charge in [0.2, 0.25) is 0 Å². The van der Waals surface area contributed by atoms with Crippen molar-refractivity contribution in [1.82, 2.24) is 10.3 Å². The second-order valence-electron chi connectivity index (χ2n) is 4.74. The lowest BCUT2D eigenvalue weighted by Crippen LogP contribution is -2.18.